The lowest BCUT2D eigenvalue weighted by molar-refractivity contribution is 0.0946. The lowest BCUT2D eigenvalue weighted by Crippen LogP contribution is -2.23. The van der Waals surface area contributed by atoms with E-state index < -0.39 is 0 Å². The molecule has 1 amide bonds. The first-order chi connectivity index (χ1) is 15.6. The van der Waals surface area contributed by atoms with Gasteiger partial charge in [-0.2, -0.15) is 5.10 Å². The molecule has 1 N–H and O–H groups in total. The first-order valence-corrected chi connectivity index (χ1v) is 10.2. The molecule has 0 radical (unpaired) electrons. The highest BCUT2D eigenvalue weighted by Gasteiger charge is 2.16. The summed E-state index contributed by atoms with van der Waals surface area (Å²) in [5.74, 6) is -0.584. The average Bonchev–Trinajstić information content (AvgIpc) is 3.44. The summed E-state index contributed by atoms with van der Waals surface area (Å²) in [4.78, 5) is 17.2. The maximum atomic E-state index is 13.4. The number of pyridine rings is 1. The van der Waals surface area contributed by atoms with Crippen LogP contribution in [-0.4, -0.2) is 25.1 Å². The third-order valence-corrected chi connectivity index (χ3v) is 5.30. The Kier molecular flexibility index (Phi) is 4.99. The van der Waals surface area contributed by atoms with Crippen LogP contribution >= 0.6 is 0 Å². The first kappa shape index (κ1) is 19.7. The van der Waals surface area contributed by atoms with E-state index in [2.05, 4.69) is 10.3 Å². The van der Waals surface area contributed by atoms with Crippen LogP contribution in [0.25, 0.3) is 22.6 Å². The minimum atomic E-state index is -0.312. The van der Waals surface area contributed by atoms with Crippen LogP contribution in [0.2, 0.25) is 0 Å². The van der Waals surface area contributed by atoms with Crippen LogP contribution < -0.4 is 5.32 Å². The molecule has 2 aromatic carbocycles. The number of amides is 1. The van der Waals surface area contributed by atoms with Crippen LogP contribution in [-0.2, 0) is 6.54 Å². The van der Waals surface area contributed by atoms with Crippen LogP contribution in [0.1, 0.15) is 21.7 Å². The molecular weight excluding hydrogens is 405 g/mol. The number of hydrogen-bond acceptors (Lipinski definition) is 3. The molecule has 5 rings (SSSR count). The largest absolute Gasteiger partial charge is 0.346 e. The second-order valence-electron chi connectivity index (χ2n) is 7.49. The van der Waals surface area contributed by atoms with Crippen molar-refractivity contribution in [1.29, 1.82) is 0 Å². The van der Waals surface area contributed by atoms with Crippen LogP contribution in [0.3, 0.4) is 0 Å². The summed E-state index contributed by atoms with van der Waals surface area (Å²) in [5, 5.41) is 7.64. The van der Waals surface area contributed by atoms with E-state index >= 15 is 0 Å². The van der Waals surface area contributed by atoms with E-state index in [9.17, 15) is 9.18 Å². The summed E-state index contributed by atoms with van der Waals surface area (Å²) in [6.07, 6.45) is 3.61. The van der Waals surface area contributed by atoms with Crippen molar-refractivity contribution in [2.24, 2.45) is 0 Å². The molecule has 3 heterocycles. The van der Waals surface area contributed by atoms with Crippen molar-refractivity contribution in [3.63, 3.8) is 0 Å². The van der Waals surface area contributed by atoms with Crippen LogP contribution in [0.4, 0.5) is 4.39 Å². The SMILES string of the molecule is Cc1cccc2nc(C(=O)NCc3cn(-c4ccccc4)nc3-c3ccc(F)cc3)cn12. The van der Waals surface area contributed by atoms with E-state index in [0.29, 0.717) is 11.4 Å². The molecule has 0 fully saturated rings. The smallest absolute Gasteiger partial charge is 0.271 e. The van der Waals surface area contributed by atoms with Gasteiger partial charge in [0.05, 0.1) is 11.4 Å². The van der Waals surface area contributed by atoms with Gasteiger partial charge in [-0.15, -0.1) is 0 Å². The number of carbonyl (C=O) groups is 1. The number of hydrogen-bond donors (Lipinski definition) is 1. The molecular formula is C25H20FN5O. The number of nitrogens with zero attached hydrogens (tertiary/aromatic N) is 4. The summed E-state index contributed by atoms with van der Waals surface area (Å²) in [5.41, 5.74) is 5.22. The fourth-order valence-corrected chi connectivity index (χ4v) is 3.63. The fourth-order valence-electron chi connectivity index (χ4n) is 3.63. The molecule has 0 bridgehead atoms. The Morgan fingerprint density at radius 1 is 0.969 bits per heavy atom. The second kappa shape index (κ2) is 8.11. The van der Waals surface area contributed by atoms with Gasteiger partial charge in [-0.05, 0) is 55.5 Å². The number of nitrogens with one attached hydrogen (secondary N) is 1. The van der Waals surface area contributed by atoms with Crippen molar-refractivity contribution in [3.8, 4) is 16.9 Å². The zero-order chi connectivity index (χ0) is 22.1. The predicted octanol–water partition coefficient (Wildman–Crippen LogP) is 4.56. The van der Waals surface area contributed by atoms with Crippen molar-refractivity contribution in [1.82, 2.24) is 24.5 Å². The Bertz CT molecular complexity index is 1400. The van der Waals surface area contributed by atoms with Crippen LogP contribution in [0.5, 0.6) is 0 Å². The zero-order valence-corrected chi connectivity index (χ0v) is 17.4. The number of aryl methyl sites for hydroxylation is 1. The molecule has 5 aromatic rings. The minimum absolute atomic E-state index is 0.255. The Balaban J connectivity index is 1.45. The average molecular weight is 425 g/mol. The minimum Gasteiger partial charge on any atom is -0.346 e. The molecule has 0 saturated heterocycles. The Labute approximate surface area is 184 Å². The van der Waals surface area contributed by atoms with Crippen molar-refractivity contribution < 1.29 is 9.18 Å². The highest BCUT2D eigenvalue weighted by atomic mass is 19.1. The Morgan fingerprint density at radius 2 is 1.75 bits per heavy atom. The Morgan fingerprint density at radius 3 is 2.50 bits per heavy atom. The summed E-state index contributed by atoms with van der Waals surface area (Å²) < 4.78 is 17.1. The predicted molar refractivity (Wildman–Crippen MR) is 120 cm³/mol. The number of halogens is 1. The van der Waals surface area contributed by atoms with Crippen molar-refractivity contribution >= 4 is 11.6 Å². The quantitative estimate of drug-likeness (QED) is 0.449. The lowest BCUT2D eigenvalue weighted by Gasteiger charge is -2.04. The van der Waals surface area contributed by atoms with Gasteiger partial charge >= 0.3 is 0 Å². The molecule has 7 heteroatoms. The van der Waals surface area contributed by atoms with Gasteiger partial charge < -0.3 is 9.72 Å². The van der Waals surface area contributed by atoms with Crippen molar-refractivity contribution in [3.05, 3.63) is 108 Å². The molecule has 3 aromatic heterocycles. The van der Waals surface area contributed by atoms with Gasteiger partial charge in [0.25, 0.3) is 5.91 Å². The van der Waals surface area contributed by atoms with Gasteiger partial charge in [0.1, 0.15) is 17.2 Å². The highest BCUT2D eigenvalue weighted by Crippen LogP contribution is 2.24. The summed E-state index contributed by atoms with van der Waals surface area (Å²) in [7, 11) is 0. The maximum Gasteiger partial charge on any atom is 0.271 e. The number of carbonyl (C=O) groups excluding carboxylic acids is 1. The van der Waals surface area contributed by atoms with E-state index in [4.69, 9.17) is 5.10 Å². The number of imidazole rings is 1. The lowest BCUT2D eigenvalue weighted by atomic mass is 10.1. The van der Waals surface area contributed by atoms with E-state index in [-0.39, 0.29) is 18.3 Å². The second-order valence-corrected chi connectivity index (χ2v) is 7.49. The van der Waals surface area contributed by atoms with Gasteiger partial charge in [0.15, 0.2) is 0 Å². The molecule has 0 aliphatic rings. The number of benzene rings is 2. The third-order valence-electron chi connectivity index (χ3n) is 5.30. The molecule has 0 aliphatic carbocycles. The van der Waals surface area contributed by atoms with Gasteiger partial charge in [0, 0.05) is 35.8 Å². The molecule has 6 nitrogen and oxygen atoms in total. The standard InChI is InChI=1S/C25H20FN5O/c1-17-6-5-9-23-28-22(16-30(17)23)25(32)27-14-19-15-31(21-7-3-2-4-8-21)29-24(19)18-10-12-20(26)13-11-18/h2-13,15-16H,14H2,1H3,(H,27,32). The summed E-state index contributed by atoms with van der Waals surface area (Å²) >= 11 is 0. The number of rotatable bonds is 5. The number of fused-ring (bicyclic) bond motifs is 1. The zero-order valence-electron chi connectivity index (χ0n) is 17.4. The third kappa shape index (κ3) is 3.76. The van der Waals surface area contributed by atoms with Crippen LogP contribution in [0.15, 0.2) is 85.2 Å². The van der Waals surface area contributed by atoms with Crippen molar-refractivity contribution in [2.75, 3.05) is 0 Å². The van der Waals surface area contributed by atoms with E-state index in [1.165, 1.54) is 12.1 Å². The van der Waals surface area contributed by atoms with Gasteiger partial charge in [-0.1, -0.05) is 24.3 Å². The van der Waals surface area contributed by atoms with E-state index in [1.807, 2.05) is 66.1 Å². The Hall–Kier alpha value is -4.26. The molecule has 0 saturated carbocycles. The van der Waals surface area contributed by atoms with Gasteiger partial charge in [0.2, 0.25) is 0 Å². The van der Waals surface area contributed by atoms with Crippen molar-refractivity contribution in [2.45, 2.75) is 13.5 Å². The topological polar surface area (TPSA) is 64.2 Å². The molecule has 0 spiro atoms. The van der Waals surface area contributed by atoms with Gasteiger partial charge in [-0.3, -0.25) is 4.79 Å². The summed E-state index contributed by atoms with van der Waals surface area (Å²) in [6.45, 7) is 2.22. The number of aromatic nitrogens is 4. The first-order valence-electron chi connectivity index (χ1n) is 10.2. The molecule has 158 valence electrons. The van der Waals surface area contributed by atoms with Gasteiger partial charge in [-0.25, -0.2) is 14.1 Å². The van der Waals surface area contributed by atoms with E-state index in [0.717, 1.165) is 28.2 Å². The molecule has 32 heavy (non-hydrogen) atoms. The molecule has 0 atom stereocenters. The van der Waals surface area contributed by atoms with E-state index in [1.54, 1.807) is 23.0 Å². The highest BCUT2D eigenvalue weighted by molar-refractivity contribution is 5.93. The van der Waals surface area contributed by atoms with Crippen LogP contribution in [0, 0.1) is 12.7 Å². The fraction of sp³-hybridized carbons (Fsp3) is 0.0800. The normalized spacial score (nSPS) is 11.1. The maximum absolute atomic E-state index is 13.4. The summed E-state index contributed by atoms with van der Waals surface area (Å²) in [6, 6.07) is 21.6. The molecule has 0 aliphatic heterocycles. The number of para-hydroxylation sites is 1. The molecule has 0 unspecified atom stereocenters. The monoisotopic (exact) mass is 425 g/mol.